The lowest BCUT2D eigenvalue weighted by molar-refractivity contribution is -0.146. The topological polar surface area (TPSA) is 44.1 Å². The normalized spacial score (nSPS) is 18.1. The van der Waals surface area contributed by atoms with Gasteiger partial charge < -0.3 is 9.30 Å². The van der Waals surface area contributed by atoms with Crippen LogP contribution in [0.5, 0.6) is 0 Å². The van der Waals surface area contributed by atoms with Crippen LogP contribution in [-0.4, -0.2) is 22.6 Å². The van der Waals surface area contributed by atoms with E-state index in [1.165, 1.54) is 16.9 Å². The molecule has 0 spiro atoms. The number of rotatable bonds is 2. The van der Waals surface area contributed by atoms with Crippen LogP contribution in [0.4, 0.5) is 0 Å². The van der Waals surface area contributed by atoms with E-state index in [2.05, 4.69) is 28.6 Å². The molecule has 0 N–H and O–H groups in total. The number of methoxy groups -OCH3 is 1. The standard InChI is InChI=1S/C14H16N2O2S/c1-9-3-4-12(19-9)13-15-8-11-7-10(14(17)18-2)5-6-16(11)13/h3-4,8,10H,5-7H2,1-2H3. The van der Waals surface area contributed by atoms with E-state index in [4.69, 9.17) is 4.74 Å². The van der Waals surface area contributed by atoms with E-state index in [1.807, 2.05) is 6.20 Å². The van der Waals surface area contributed by atoms with Crippen molar-refractivity contribution < 1.29 is 9.53 Å². The molecule has 0 aromatic carbocycles. The summed E-state index contributed by atoms with van der Waals surface area (Å²) < 4.78 is 7.06. The van der Waals surface area contributed by atoms with E-state index in [-0.39, 0.29) is 11.9 Å². The Hall–Kier alpha value is -1.62. The summed E-state index contributed by atoms with van der Waals surface area (Å²) in [6, 6.07) is 4.23. The second-order valence-electron chi connectivity index (χ2n) is 4.85. The Kier molecular flexibility index (Phi) is 3.14. The number of hydrogen-bond donors (Lipinski definition) is 0. The highest BCUT2D eigenvalue weighted by Gasteiger charge is 2.27. The molecular formula is C14H16N2O2S. The van der Waals surface area contributed by atoms with Gasteiger partial charge in [0.05, 0.1) is 17.9 Å². The SMILES string of the molecule is COC(=O)C1CCn2c(cnc2-c2ccc(C)s2)C1. The molecule has 3 heterocycles. The van der Waals surface area contributed by atoms with Crippen LogP contribution in [0.15, 0.2) is 18.3 Å². The molecule has 0 radical (unpaired) electrons. The third-order valence-electron chi connectivity index (χ3n) is 3.59. The third kappa shape index (κ3) is 2.18. The molecular weight excluding hydrogens is 260 g/mol. The Morgan fingerprint density at radius 2 is 2.37 bits per heavy atom. The molecule has 0 saturated heterocycles. The van der Waals surface area contributed by atoms with Gasteiger partial charge in [0.25, 0.3) is 0 Å². The average molecular weight is 276 g/mol. The Bertz CT molecular complexity index is 615. The molecule has 1 unspecified atom stereocenters. The fraction of sp³-hybridized carbons (Fsp3) is 0.429. The number of imidazole rings is 1. The molecule has 2 aromatic heterocycles. The molecule has 4 nitrogen and oxygen atoms in total. The monoisotopic (exact) mass is 276 g/mol. The van der Waals surface area contributed by atoms with E-state index < -0.39 is 0 Å². The summed E-state index contributed by atoms with van der Waals surface area (Å²) >= 11 is 1.75. The van der Waals surface area contributed by atoms with Crippen molar-refractivity contribution in [3.05, 3.63) is 28.9 Å². The molecule has 19 heavy (non-hydrogen) atoms. The molecule has 0 fully saturated rings. The Morgan fingerprint density at radius 3 is 3.05 bits per heavy atom. The van der Waals surface area contributed by atoms with Gasteiger partial charge in [-0.2, -0.15) is 0 Å². The summed E-state index contributed by atoms with van der Waals surface area (Å²) in [7, 11) is 1.45. The van der Waals surface area contributed by atoms with Gasteiger partial charge in [-0.15, -0.1) is 11.3 Å². The predicted octanol–water partition coefficient (Wildman–Crippen LogP) is 2.66. The number of aryl methyl sites for hydroxylation is 1. The molecule has 0 saturated carbocycles. The smallest absolute Gasteiger partial charge is 0.309 e. The second-order valence-corrected chi connectivity index (χ2v) is 6.14. The number of aromatic nitrogens is 2. The second kappa shape index (κ2) is 4.81. The predicted molar refractivity (Wildman–Crippen MR) is 74.1 cm³/mol. The molecule has 1 aliphatic heterocycles. The minimum Gasteiger partial charge on any atom is -0.469 e. The molecule has 0 bridgehead atoms. The number of hydrogen-bond acceptors (Lipinski definition) is 4. The third-order valence-corrected chi connectivity index (χ3v) is 4.59. The first-order valence-electron chi connectivity index (χ1n) is 6.38. The molecule has 1 atom stereocenters. The van der Waals surface area contributed by atoms with Gasteiger partial charge in [0.15, 0.2) is 0 Å². The van der Waals surface area contributed by atoms with Crippen molar-refractivity contribution in [1.82, 2.24) is 9.55 Å². The van der Waals surface area contributed by atoms with Crippen molar-refractivity contribution in [2.75, 3.05) is 7.11 Å². The number of thiophene rings is 1. The van der Waals surface area contributed by atoms with Gasteiger partial charge in [0.1, 0.15) is 5.82 Å². The Labute approximate surface area is 116 Å². The summed E-state index contributed by atoms with van der Waals surface area (Å²) in [5, 5.41) is 0. The van der Waals surface area contributed by atoms with Crippen LogP contribution < -0.4 is 0 Å². The van der Waals surface area contributed by atoms with Crippen LogP contribution in [0, 0.1) is 12.8 Å². The van der Waals surface area contributed by atoms with E-state index in [1.54, 1.807) is 11.3 Å². The van der Waals surface area contributed by atoms with Crippen LogP contribution in [0.2, 0.25) is 0 Å². The lowest BCUT2D eigenvalue weighted by atomic mass is 9.96. The lowest BCUT2D eigenvalue weighted by Gasteiger charge is -2.22. The maximum atomic E-state index is 11.6. The maximum Gasteiger partial charge on any atom is 0.309 e. The first-order chi connectivity index (χ1) is 9.19. The molecule has 0 aliphatic carbocycles. The van der Waals surface area contributed by atoms with Crippen molar-refractivity contribution >= 4 is 17.3 Å². The van der Waals surface area contributed by atoms with Crippen molar-refractivity contribution in [2.24, 2.45) is 5.92 Å². The maximum absolute atomic E-state index is 11.6. The van der Waals surface area contributed by atoms with Gasteiger partial charge >= 0.3 is 5.97 Å². The largest absolute Gasteiger partial charge is 0.469 e. The summed E-state index contributed by atoms with van der Waals surface area (Å²) in [5.74, 6) is 0.893. The van der Waals surface area contributed by atoms with Crippen molar-refractivity contribution in [3.8, 4) is 10.7 Å². The average Bonchev–Trinajstić information content (AvgIpc) is 3.02. The fourth-order valence-electron chi connectivity index (χ4n) is 2.58. The number of esters is 1. The van der Waals surface area contributed by atoms with Crippen molar-refractivity contribution in [3.63, 3.8) is 0 Å². The van der Waals surface area contributed by atoms with E-state index in [9.17, 15) is 4.79 Å². The molecule has 3 rings (SSSR count). The Morgan fingerprint density at radius 1 is 1.53 bits per heavy atom. The van der Waals surface area contributed by atoms with Gasteiger partial charge in [0.2, 0.25) is 0 Å². The zero-order valence-corrected chi connectivity index (χ0v) is 11.9. The first-order valence-corrected chi connectivity index (χ1v) is 7.19. The van der Waals surface area contributed by atoms with Crippen LogP contribution in [0.3, 0.4) is 0 Å². The number of carbonyl (C=O) groups excluding carboxylic acids is 1. The van der Waals surface area contributed by atoms with E-state index in [0.717, 1.165) is 30.9 Å². The van der Waals surface area contributed by atoms with Crippen LogP contribution in [0.25, 0.3) is 10.7 Å². The zero-order chi connectivity index (χ0) is 13.4. The highest BCUT2D eigenvalue weighted by atomic mass is 32.1. The number of ether oxygens (including phenoxy) is 1. The Balaban J connectivity index is 1.90. The van der Waals surface area contributed by atoms with Gasteiger partial charge in [-0.05, 0) is 25.5 Å². The summed E-state index contributed by atoms with van der Waals surface area (Å²) in [5.41, 5.74) is 1.13. The van der Waals surface area contributed by atoms with E-state index in [0.29, 0.717) is 0 Å². The molecule has 1 aliphatic rings. The zero-order valence-electron chi connectivity index (χ0n) is 11.0. The van der Waals surface area contributed by atoms with Gasteiger partial charge in [-0.25, -0.2) is 4.98 Å². The van der Waals surface area contributed by atoms with Gasteiger partial charge in [-0.3, -0.25) is 4.79 Å². The van der Waals surface area contributed by atoms with Crippen LogP contribution in [0.1, 0.15) is 17.0 Å². The fourth-order valence-corrected chi connectivity index (χ4v) is 3.46. The highest BCUT2D eigenvalue weighted by molar-refractivity contribution is 7.15. The van der Waals surface area contributed by atoms with Crippen molar-refractivity contribution in [1.29, 1.82) is 0 Å². The van der Waals surface area contributed by atoms with Crippen LogP contribution >= 0.6 is 11.3 Å². The molecule has 0 amide bonds. The minimum absolute atomic E-state index is 0.0212. The highest BCUT2D eigenvalue weighted by Crippen LogP contribution is 2.31. The summed E-state index contributed by atoms with van der Waals surface area (Å²) in [6.07, 6.45) is 3.44. The van der Waals surface area contributed by atoms with Gasteiger partial charge in [0, 0.05) is 29.7 Å². The number of nitrogens with zero attached hydrogens (tertiary/aromatic N) is 2. The lowest BCUT2D eigenvalue weighted by Crippen LogP contribution is -2.26. The molecule has 100 valence electrons. The first kappa shape index (κ1) is 12.4. The minimum atomic E-state index is -0.110. The van der Waals surface area contributed by atoms with Crippen LogP contribution in [-0.2, 0) is 22.5 Å². The summed E-state index contributed by atoms with van der Waals surface area (Å²) in [6.45, 7) is 2.93. The van der Waals surface area contributed by atoms with Crippen molar-refractivity contribution in [2.45, 2.75) is 26.3 Å². The number of carbonyl (C=O) groups is 1. The summed E-state index contributed by atoms with van der Waals surface area (Å²) in [4.78, 5) is 18.6. The molecule has 5 heteroatoms. The molecule has 2 aromatic rings. The quantitative estimate of drug-likeness (QED) is 0.792. The van der Waals surface area contributed by atoms with Gasteiger partial charge in [-0.1, -0.05) is 0 Å². The van der Waals surface area contributed by atoms with E-state index >= 15 is 0 Å². The number of fused-ring (bicyclic) bond motifs is 1.